The first kappa shape index (κ1) is 13.7. The molecule has 3 heterocycles. The van der Waals surface area contributed by atoms with Gasteiger partial charge < -0.3 is 20.1 Å². The van der Waals surface area contributed by atoms with Crippen LogP contribution in [0.15, 0.2) is 16.7 Å². The molecule has 2 N–H and O–H groups in total. The van der Waals surface area contributed by atoms with Crippen LogP contribution in [0, 0.1) is 6.92 Å². The summed E-state index contributed by atoms with van der Waals surface area (Å²) in [6.45, 7) is 4.56. The summed E-state index contributed by atoms with van der Waals surface area (Å²) in [4.78, 5) is 12.9. The normalized spacial score (nSPS) is 14.7. The average Bonchev–Trinajstić information content (AvgIpc) is 3.10. The van der Waals surface area contributed by atoms with Gasteiger partial charge in [0.05, 0.1) is 6.54 Å². The summed E-state index contributed by atoms with van der Waals surface area (Å²) in [6.07, 6.45) is 2.40. The third-order valence-corrected chi connectivity index (χ3v) is 3.61. The zero-order valence-corrected chi connectivity index (χ0v) is 12.4. The molecule has 3 rings (SSSR count). The minimum absolute atomic E-state index is 0.303. The van der Waals surface area contributed by atoms with E-state index in [9.17, 15) is 0 Å². The predicted octanol–water partition coefficient (Wildman–Crippen LogP) is 1.59. The Morgan fingerprint density at radius 2 is 2.05 bits per heavy atom. The Kier molecular flexibility index (Phi) is 3.64. The third-order valence-electron chi connectivity index (χ3n) is 3.61. The lowest BCUT2D eigenvalue weighted by atomic mass is 10.3. The molecule has 1 aliphatic rings. The van der Waals surface area contributed by atoms with Gasteiger partial charge in [-0.1, -0.05) is 5.16 Å². The van der Waals surface area contributed by atoms with Crippen LogP contribution in [0.5, 0.6) is 0 Å². The van der Waals surface area contributed by atoms with Crippen molar-refractivity contribution in [2.45, 2.75) is 26.3 Å². The topological polar surface area (TPSA) is 84.3 Å². The quantitative estimate of drug-likeness (QED) is 0.914. The lowest BCUT2D eigenvalue weighted by molar-refractivity contribution is 0.390. The second-order valence-electron chi connectivity index (χ2n) is 5.42. The number of hydrogen-bond donors (Lipinski definition) is 1. The Bertz CT molecular complexity index is 620. The highest BCUT2D eigenvalue weighted by molar-refractivity contribution is 5.54. The van der Waals surface area contributed by atoms with Crippen LogP contribution in [-0.4, -0.2) is 35.3 Å². The van der Waals surface area contributed by atoms with Crippen molar-refractivity contribution in [2.75, 3.05) is 35.7 Å². The molecule has 1 fully saturated rings. The lowest BCUT2D eigenvalue weighted by Crippen LogP contribution is -2.23. The van der Waals surface area contributed by atoms with Gasteiger partial charge in [-0.3, -0.25) is 0 Å². The van der Waals surface area contributed by atoms with E-state index in [1.54, 1.807) is 0 Å². The highest BCUT2D eigenvalue weighted by Gasteiger charge is 2.17. The summed E-state index contributed by atoms with van der Waals surface area (Å²) in [5, 5.41) is 4.00. The number of nitrogen functional groups attached to an aromatic ring is 1. The molecule has 0 aromatic carbocycles. The monoisotopic (exact) mass is 288 g/mol. The van der Waals surface area contributed by atoms with Gasteiger partial charge >= 0.3 is 0 Å². The van der Waals surface area contributed by atoms with Gasteiger partial charge in [-0.2, -0.15) is 9.97 Å². The highest BCUT2D eigenvalue weighted by Crippen LogP contribution is 2.23. The van der Waals surface area contributed by atoms with E-state index >= 15 is 0 Å². The summed E-state index contributed by atoms with van der Waals surface area (Å²) in [5.41, 5.74) is 6.72. The molecule has 112 valence electrons. The van der Waals surface area contributed by atoms with Crippen molar-refractivity contribution in [3.05, 3.63) is 23.6 Å². The maximum absolute atomic E-state index is 5.85. The SMILES string of the molecule is Cc1cc(CN(C)c2cc(N3CCCC3)nc(N)n2)no1. The van der Waals surface area contributed by atoms with Crippen LogP contribution in [0.4, 0.5) is 17.6 Å². The van der Waals surface area contributed by atoms with E-state index in [2.05, 4.69) is 20.0 Å². The third kappa shape index (κ3) is 3.07. The molecule has 0 amide bonds. The maximum atomic E-state index is 5.85. The van der Waals surface area contributed by atoms with E-state index in [1.165, 1.54) is 12.8 Å². The smallest absolute Gasteiger partial charge is 0.223 e. The van der Waals surface area contributed by atoms with E-state index < -0.39 is 0 Å². The van der Waals surface area contributed by atoms with Crippen LogP contribution < -0.4 is 15.5 Å². The fraction of sp³-hybridized carbons (Fsp3) is 0.500. The van der Waals surface area contributed by atoms with Crippen LogP contribution in [0.2, 0.25) is 0 Å². The second-order valence-corrected chi connectivity index (χ2v) is 5.42. The summed E-state index contributed by atoms with van der Waals surface area (Å²) < 4.78 is 5.09. The average molecular weight is 288 g/mol. The standard InChI is InChI=1S/C14H20N6O/c1-10-7-11(18-21-10)9-19(2)12-8-13(17-14(15)16-12)20-5-3-4-6-20/h7-8H,3-6,9H2,1-2H3,(H2,15,16,17). The van der Waals surface area contributed by atoms with E-state index in [-0.39, 0.29) is 0 Å². The molecule has 2 aromatic heterocycles. The van der Waals surface area contributed by atoms with Gasteiger partial charge in [0.1, 0.15) is 23.1 Å². The first-order valence-corrected chi connectivity index (χ1v) is 7.14. The Morgan fingerprint density at radius 3 is 2.71 bits per heavy atom. The molecule has 0 bridgehead atoms. The van der Waals surface area contributed by atoms with Crippen LogP contribution in [0.25, 0.3) is 0 Å². The minimum Gasteiger partial charge on any atom is -0.368 e. The van der Waals surface area contributed by atoms with E-state index in [4.69, 9.17) is 10.3 Å². The van der Waals surface area contributed by atoms with Crippen LogP contribution >= 0.6 is 0 Å². The molecule has 1 saturated heterocycles. The number of aryl methyl sites for hydroxylation is 1. The molecule has 2 aromatic rings. The fourth-order valence-corrected chi connectivity index (χ4v) is 2.56. The summed E-state index contributed by atoms with van der Waals surface area (Å²) in [7, 11) is 1.96. The van der Waals surface area contributed by atoms with Crippen molar-refractivity contribution in [3.63, 3.8) is 0 Å². The molecule has 0 atom stereocenters. The van der Waals surface area contributed by atoms with Gasteiger partial charge in [-0.15, -0.1) is 0 Å². The fourth-order valence-electron chi connectivity index (χ4n) is 2.56. The number of hydrogen-bond acceptors (Lipinski definition) is 7. The van der Waals surface area contributed by atoms with Gasteiger partial charge in [-0.25, -0.2) is 0 Å². The van der Waals surface area contributed by atoms with Gasteiger partial charge in [0.2, 0.25) is 5.95 Å². The molecule has 0 saturated carbocycles. The minimum atomic E-state index is 0.303. The molecule has 21 heavy (non-hydrogen) atoms. The van der Waals surface area contributed by atoms with E-state index in [0.29, 0.717) is 12.5 Å². The number of anilines is 3. The molecule has 1 aliphatic heterocycles. The maximum Gasteiger partial charge on any atom is 0.223 e. The molecule has 7 nitrogen and oxygen atoms in total. The Labute approximate surface area is 123 Å². The van der Waals surface area contributed by atoms with Crippen molar-refractivity contribution in [2.24, 2.45) is 0 Å². The molecular formula is C14H20N6O. The van der Waals surface area contributed by atoms with Crippen LogP contribution in [0.3, 0.4) is 0 Å². The number of nitrogens with two attached hydrogens (primary N) is 1. The highest BCUT2D eigenvalue weighted by atomic mass is 16.5. The second kappa shape index (κ2) is 5.59. The van der Waals surface area contributed by atoms with Crippen molar-refractivity contribution in [1.29, 1.82) is 0 Å². The Hall–Kier alpha value is -2.31. The van der Waals surface area contributed by atoms with Gasteiger partial charge in [0.15, 0.2) is 0 Å². The van der Waals surface area contributed by atoms with Gasteiger partial charge in [0.25, 0.3) is 0 Å². The Balaban J connectivity index is 1.80. The number of nitrogens with zero attached hydrogens (tertiary/aromatic N) is 5. The van der Waals surface area contributed by atoms with Crippen molar-refractivity contribution < 1.29 is 4.52 Å². The van der Waals surface area contributed by atoms with Crippen molar-refractivity contribution >= 4 is 17.6 Å². The van der Waals surface area contributed by atoms with E-state index in [1.807, 2.05) is 31.0 Å². The van der Waals surface area contributed by atoms with Gasteiger partial charge in [0, 0.05) is 32.3 Å². The van der Waals surface area contributed by atoms with E-state index in [0.717, 1.165) is 36.2 Å². The molecular weight excluding hydrogens is 268 g/mol. The number of rotatable bonds is 4. The molecule has 0 unspecified atom stereocenters. The Morgan fingerprint density at radius 1 is 1.29 bits per heavy atom. The summed E-state index contributed by atoms with van der Waals surface area (Å²) in [6, 6.07) is 3.90. The zero-order chi connectivity index (χ0) is 14.8. The van der Waals surface area contributed by atoms with Crippen molar-refractivity contribution in [1.82, 2.24) is 15.1 Å². The first-order chi connectivity index (χ1) is 10.1. The number of aromatic nitrogens is 3. The van der Waals surface area contributed by atoms with Gasteiger partial charge in [-0.05, 0) is 19.8 Å². The molecule has 0 aliphatic carbocycles. The van der Waals surface area contributed by atoms with Crippen molar-refractivity contribution in [3.8, 4) is 0 Å². The van der Waals surface area contributed by atoms with Crippen LogP contribution in [-0.2, 0) is 6.54 Å². The molecule has 7 heteroatoms. The predicted molar refractivity (Wildman–Crippen MR) is 81.2 cm³/mol. The lowest BCUT2D eigenvalue weighted by Gasteiger charge is -2.21. The first-order valence-electron chi connectivity index (χ1n) is 7.14. The largest absolute Gasteiger partial charge is 0.368 e. The van der Waals surface area contributed by atoms with Crippen LogP contribution in [0.1, 0.15) is 24.3 Å². The summed E-state index contributed by atoms with van der Waals surface area (Å²) in [5.74, 6) is 2.80. The summed E-state index contributed by atoms with van der Waals surface area (Å²) >= 11 is 0. The zero-order valence-electron chi connectivity index (χ0n) is 12.4. The molecule has 0 spiro atoms. The molecule has 0 radical (unpaired) electrons.